The van der Waals surface area contributed by atoms with Crippen LogP contribution in [0.2, 0.25) is 0 Å². The van der Waals surface area contributed by atoms with Gasteiger partial charge in [-0.05, 0) is 38.8 Å². The maximum atomic E-state index is 13.2. The van der Waals surface area contributed by atoms with Gasteiger partial charge in [-0.15, -0.1) is 0 Å². The number of nitrogens with one attached hydrogen (secondary N) is 1. The molecule has 2 aliphatic heterocycles. The van der Waals surface area contributed by atoms with Gasteiger partial charge in [0.05, 0.1) is 17.3 Å². The fourth-order valence-electron chi connectivity index (χ4n) is 4.83. The summed E-state index contributed by atoms with van der Waals surface area (Å²) in [7, 11) is 0. The van der Waals surface area contributed by atoms with E-state index < -0.39 is 29.9 Å². The molecule has 1 N–H and O–H groups in total. The third-order valence-electron chi connectivity index (χ3n) is 6.38. The Bertz CT molecular complexity index is 891. The Morgan fingerprint density at radius 1 is 1.20 bits per heavy atom. The van der Waals surface area contributed by atoms with Crippen LogP contribution in [0.1, 0.15) is 46.0 Å². The van der Waals surface area contributed by atoms with E-state index in [1.807, 2.05) is 19.9 Å². The first kappa shape index (κ1) is 20.4. The van der Waals surface area contributed by atoms with Crippen LogP contribution < -0.4 is 10.2 Å². The third-order valence-corrected chi connectivity index (χ3v) is 6.38. The minimum Gasteiger partial charge on any atom is -0.455 e. The maximum absolute atomic E-state index is 13.2. The monoisotopic (exact) mass is 413 g/mol. The number of nitrogens with zero attached hydrogens (tertiary/aromatic N) is 2. The van der Waals surface area contributed by atoms with E-state index in [1.54, 1.807) is 23.1 Å². The Balaban J connectivity index is 1.50. The highest BCUT2D eigenvalue weighted by molar-refractivity contribution is 6.15. The number of anilines is 2. The van der Waals surface area contributed by atoms with Crippen LogP contribution in [0, 0.1) is 5.92 Å². The zero-order chi connectivity index (χ0) is 21.5. The standard InChI is InChI=1S/C22H27N3O5/c1-14(2)24-12-15(11-18(24)26)20(28)30-13-19(27)25-17-8-4-3-7-16(17)23-21(29)22(25)9-5-6-10-22/h3-4,7-8,14-15H,5-6,9-13H2,1-2H3,(H,23,29). The zero-order valence-corrected chi connectivity index (χ0v) is 17.3. The number of hydrogen-bond donors (Lipinski definition) is 1. The minimum atomic E-state index is -0.935. The second-order valence-electron chi connectivity index (χ2n) is 8.59. The lowest BCUT2D eigenvalue weighted by molar-refractivity contribution is -0.152. The van der Waals surface area contributed by atoms with Crippen molar-refractivity contribution >= 4 is 35.1 Å². The van der Waals surface area contributed by atoms with Gasteiger partial charge in [0.1, 0.15) is 5.54 Å². The molecule has 3 aliphatic rings. The molecule has 0 aromatic heterocycles. The molecule has 1 spiro atoms. The molecule has 8 nitrogen and oxygen atoms in total. The van der Waals surface area contributed by atoms with E-state index in [-0.39, 0.29) is 24.3 Å². The van der Waals surface area contributed by atoms with Crippen LogP contribution in [0.4, 0.5) is 11.4 Å². The summed E-state index contributed by atoms with van der Waals surface area (Å²) in [6, 6.07) is 7.18. The molecule has 2 fully saturated rings. The molecule has 1 saturated carbocycles. The Labute approximate surface area is 175 Å². The van der Waals surface area contributed by atoms with Crippen molar-refractivity contribution in [3.05, 3.63) is 24.3 Å². The number of carbonyl (C=O) groups excluding carboxylic acids is 4. The first-order chi connectivity index (χ1) is 14.3. The highest BCUT2D eigenvalue weighted by Crippen LogP contribution is 2.45. The quantitative estimate of drug-likeness (QED) is 0.763. The van der Waals surface area contributed by atoms with Gasteiger partial charge in [0, 0.05) is 19.0 Å². The zero-order valence-electron chi connectivity index (χ0n) is 17.3. The fourth-order valence-corrected chi connectivity index (χ4v) is 4.83. The van der Waals surface area contributed by atoms with Crippen LogP contribution in [0.15, 0.2) is 24.3 Å². The van der Waals surface area contributed by atoms with E-state index in [0.717, 1.165) is 12.8 Å². The van der Waals surface area contributed by atoms with Crippen LogP contribution in [0.3, 0.4) is 0 Å². The molecule has 160 valence electrons. The summed E-state index contributed by atoms with van der Waals surface area (Å²) in [5.41, 5.74) is 0.269. The molecule has 8 heteroatoms. The number of fused-ring (bicyclic) bond motifs is 1. The molecule has 0 bridgehead atoms. The fraction of sp³-hybridized carbons (Fsp3) is 0.545. The number of benzene rings is 1. The summed E-state index contributed by atoms with van der Waals surface area (Å²) in [4.78, 5) is 53.9. The van der Waals surface area contributed by atoms with Gasteiger partial charge in [-0.25, -0.2) is 0 Å². The Morgan fingerprint density at radius 2 is 1.90 bits per heavy atom. The summed E-state index contributed by atoms with van der Waals surface area (Å²) in [6.45, 7) is 3.65. The van der Waals surface area contributed by atoms with Crippen molar-refractivity contribution in [1.29, 1.82) is 0 Å². The number of ether oxygens (including phenoxy) is 1. The van der Waals surface area contributed by atoms with Gasteiger partial charge in [0.15, 0.2) is 6.61 Å². The molecule has 30 heavy (non-hydrogen) atoms. The number of likely N-dealkylation sites (tertiary alicyclic amines) is 1. The predicted octanol–water partition coefficient (Wildman–Crippen LogP) is 2.08. The van der Waals surface area contributed by atoms with E-state index in [1.165, 1.54) is 4.90 Å². The number of amides is 3. The first-order valence-corrected chi connectivity index (χ1v) is 10.5. The van der Waals surface area contributed by atoms with Gasteiger partial charge in [0.2, 0.25) is 5.91 Å². The van der Waals surface area contributed by atoms with Crippen molar-refractivity contribution < 1.29 is 23.9 Å². The van der Waals surface area contributed by atoms with E-state index in [0.29, 0.717) is 30.8 Å². The van der Waals surface area contributed by atoms with Gasteiger partial charge >= 0.3 is 5.97 Å². The van der Waals surface area contributed by atoms with Crippen molar-refractivity contribution in [3.63, 3.8) is 0 Å². The number of para-hydroxylation sites is 2. The van der Waals surface area contributed by atoms with E-state index in [4.69, 9.17) is 4.74 Å². The molecule has 3 amide bonds. The summed E-state index contributed by atoms with van der Waals surface area (Å²) in [5, 5.41) is 2.92. The largest absolute Gasteiger partial charge is 0.455 e. The lowest BCUT2D eigenvalue weighted by Gasteiger charge is -2.44. The second-order valence-corrected chi connectivity index (χ2v) is 8.59. The summed E-state index contributed by atoms with van der Waals surface area (Å²) >= 11 is 0. The minimum absolute atomic E-state index is 0.0162. The highest BCUT2D eigenvalue weighted by atomic mass is 16.5. The Hall–Kier alpha value is -2.90. The molecule has 1 aromatic rings. The highest BCUT2D eigenvalue weighted by Gasteiger charge is 2.52. The first-order valence-electron chi connectivity index (χ1n) is 10.5. The lowest BCUT2D eigenvalue weighted by atomic mass is 9.90. The average Bonchev–Trinajstić information content (AvgIpc) is 3.35. The number of hydrogen-bond acceptors (Lipinski definition) is 5. The molecule has 4 rings (SSSR count). The van der Waals surface area contributed by atoms with Crippen LogP contribution in [0.25, 0.3) is 0 Å². The van der Waals surface area contributed by atoms with Crippen molar-refractivity contribution in [1.82, 2.24) is 4.90 Å². The van der Waals surface area contributed by atoms with Gasteiger partial charge in [0.25, 0.3) is 11.8 Å². The van der Waals surface area contributed by atoms with E-state index >= 15 is 0 Å². The predicted molar refractivity (Wildman–Crippen MR) is 110 cm³/mol. The van der Waals surface area contributed by atoms with Crippen LogP contribution in [0.5, 0.6) is 0 Å². The van der Waals surface area contributed by atoms with Crippen molar-refractivity contribution in [2.75, 3.05) is 23.4 Å². The summed E-state index contributed by atoms with van der Waals surface area (Å²) in [6.07, 6.45) is 2.97. The van der Waals surface area contributed by atoms with Crippen LogP contribution >= 0.6 is 0 Å². The lowest BCUT2D eigenvalue weighted by Crippen LogP contribution is -2.61. The molecule has 1 saturated heterocycles. The Kier molecular flexibility index (Phi) is 5.26. The van der Waals surface area contributed by atoms with Gasteiger partial charge in [-0.2, -0.15) is 0 Å². The SMILES string of the molecule is CC(C)N1CC(C(=O)OCC(=O)N2c3ccccc3NC(=O)C23CCCC3)CC1=O. The van der Waals surface area contributed by atoms with Crippen LogP contribution in [-0.4, -0.2) is 53.3 Å². The normalized spacial score (nSPS) is 22.4. The van der Waals surface area contributed by atoms with E-state index in [2.05, 4.69) is 5.32 Å². The smallest absolute Gasteiger partial charge is 0.311 e. The van der Waals surface area contributed by atoms with Gasteiger partial charge < -0.3 is 15.0 Å². The number of carbonyl (C=O) groups is 4. The molecule has 1 aliphatic carbocycles. The average molecular weight is 413 g/mol. The molecule has 0 radical (unpaired) electrons. The van der Waals surface area contributed by atoms with E-state index in [9.17, 15) is 19.2 Å². The molecule has 1 atom stereocenters. The number of rotatable bonds is 4. The third kappa shape index (κ3) is 3.34. The van der Waals surface area contributed by atoms with Gasteiger partial charge in [-0.1, -0.05) is 25.0 Å². The number of esters is 1. The van der Waals surface area contributed by atoms with Crippen molar-refractivity contribution in [2.45, 2.75) is 57.5 Å². The molecule has 1 aromatic carbocycles. The van der Waals surface area contributed by atoms with Crippen molar-refractivity contribution in [2.24, 2.45) is 5.92 Å². The van der Waals surface area contributed by atoms with Crippen molar-refractivity contribution in [3.8, 4) is 0 Å². The summed E-state index contributed by atoms with van der Waals surface area (Å²) in [5.74, 6) is -1.80. The summed E-state index contributed by atoms with van der Waals surface area (Å²) < 4.78 is 5.33. The Morgan fingerprint density at radius 3 is 2.57 bits per heavy atom. The van der Waals surface area contributed by atoms with Crippen LogP contribution in [-0.2, 0) is 23.9 Å². The maximum Gasteiger partial charge on any atom is 0.311 e. The molecule has 1 unspecified atom stereocenters. The molecular weight excluding hydrogens is 386 g/mol. The second kappa shape index (κ2) is 7.74. The topological polar surface area (TPSA) is 96.0 Å². The molecule has 2 heterocycles. The molecular formula is C22H27N3O5. The van der Waals surface area contributed by atoms with Gasteiger partial charge in [-0.3, -0.25) is 24.1 Å².